The van der Waals surface area contributed by atoms with Crippen LogP contribution >= 0.6 is 11.6 Å². The van der Waals surface area contributed by atoms with E-state index < -0.39 is 0 Å². The minimum atomic E-state index is 0.432. The van der Waals surface area contributed by atoms with Crippen LogP contribution in [0.5, 0.6) is 0 Å². The van der Waals surface area contributed by atoms with Crippen LogP contribution in [0.1, 0.15) is 17.3 Å². The minimum Gasteiger partial charge on any atom is -0.362 e. The molecular weight excluding hydrogens is 230 g/mol. The molecule has 0 aliphatic rings. The summed E-state index contributed by atoms with van der Waals surface area (Å²) < 4.78 is 4.85. The smallest absolute Gasteiger partial charge is 0.223 e. The van der Waals surface area contributed by atoms with Crippen molar-refractivity contribution in [2.75, 3.05) is 5.32 Å². The van der Waals surface area contributed by atoms with Crippen LogP contribution < -0.4 is 5.32 Å². The molecule has 0 saturated carbocycles. The van der Waals surface area contributed by atoms with Crippen molar-refractivity contribution in [1.29, 1.82) is 0 Å². The number of nitrogens with zero attached hydrogens (tertiary/aromatic N) is 4. The number of aryl methyl sites for hydroxylation is 1. The van der Waals surface area contributed by atoms with E-state index in [2.05, 4.69) is 25.4 Å². The zero-order valence-electron chi connectivity index (χ0n) is 8.86. The number of halogens is 1. The Bertz CT molecular complexity index is 498. The van der Waals surface area contributed by atoms with Gasteiger partial charge in [-0.2, -0.15) is 4.98 Å². The molecule has 2 rings (SSSR count). The summed E-state index contributed by atoms with van der Waals surface area (Å²) in [6, 6.07) is 0. The normalized spacial score (nSPS) is 10.4. The van der Waals surface area contributed by atoms with Crippen molar-refractivity contribution in [3.05, 3.63) is 28.8 Å². The molecule has 6 nitrogen and oxygen atoms in total. The number of anilines is 1. The van der Waals surface area contributed by atoms with Crippen molar-refractivity contribution >= 4 is 17.4 Å². The monoisotopic (exact) mass is 239 g/mol. The maximum Gasteiger partial charge on any atom is 0.223 e. The highest BCUT2D eigenvalue weighted by Gasteiger charge is 2.06. The number of rotatable bonds is 3. The van der Waals surface area contributed by atoms with Crippen LogP contribution in [0.2, 0.25) is 5.15 Å². The zero-order chi connectivity index (χ0) is 11.5. The molecule has 0 amide bonds. The largest absolute Gasteiger partial charge is 0.362 e. The second-order valence-electron chi connectivity index (χ2n) is 3.22. The third kappa shape index (κ3) is 2.27. The van der Waals surface area contributed by atoms with Gasteiger partial charge in [-0.3, -0.25) is 0 Å². The average molecular weight is 240 g/mol. The van der Waals surface area contributed by atoms with E-state index in [9.17, 15) is 0 Å². The Morgan fingerprint density at radius 1 is 1.38 bits per heavy atom. The molecule has 0 aliphatic heterocycles. The van der Waals surface area contributed by atoms with Gasteiger partial charge in [-0.1, -0.05) is 16.8 Å². The minimum absolute atomic E-state index is 0.432. The molecule has 2 aromatic rings. The summed E-state index contributed by atoms with van der Waals surface area (Å²) in [4.78, 5) is 12.0. The molecule has 0 atom stereocenters. The van der Waals surface area contributed by atoms with Crippen molar-refractivity contribution in [3.63, 3.8) is 0 Å². The summed E-state index contributed by atoms with van der Waals surface area (Å²) in [5, 5.41) is 7.25. The van der Waals surface area contributed by atoms with E-state index in [1.54, 1.807) is 6.92 Å². The van der Waals surface area contributed by atoms with Crippen LogP contribution in [0.4, 0.5) is 5.82 Å². The van der Waals surface area contributed by atoms with E-state index in [4.69, 9.17) is 16.1 Å². The van der Waals surface area contributed by atoms with Crippen molar-refractivity contribution in [2.24, 2.45) is 0 Å². The van der Waals surface area contributed by atoms with E-state index in [0.29, 0.717) is 29.2 Å². The van der Waals surface area contributed by atoms with Crippen molar-refractivity contribution in [3.8, 4) is 0 Å². The Labute approximate surface area is 97.1 Å². The van der Waals surface area contributed by atoms with Gasteiger partial charge in [0.25, 0.3) is 0 Å². The first-order valence-corrected chi connectivity index (χ1v) is 5.05. The third-order valence-corrected chi connectivity index (χ3v) is 2.39. The number of hydrogen-bond acceptors (Lipinski definition) is 6. The van der Waals surface area contributed by atoms with Crippen LogP contribution in [0.25, 0.3) is 0 Å². The lowest BCUT2D eigenvalue weighted by atomic mass is 10.3. The maximum atomic E-state index is 5.86. The van der Waals surface area contributed by atoms with Gasteiger partial charge < -0.3 is 9.84 Å². The lowest BCUT2D eigenvalue weighted by Crippen LogP contribution is -2.05. The van der Waals surface area contributed by atoms with Crippen LogP contribution in [0, 0.1) is 13.8 Å². The quantitative estimate of drug-likeness (QED) is 0.823. The van der Waals surface area contributed by atoms with Crippen LogP contribution in [0.3, 0.4) is 0 Å². The fraction of sp³-hybridized carbons (Fsp3) is 0.333. The van der Waals surface area contributed by atoms with Gasteiger partial charge in [0.2, 0.25) is 5.89 Å². The summed E-state index contributed by atoms with van der Waals surface area (Å²) in [6.07, 6.45) is 1.40. The van der Waals surface area contributed by atoms with Crippen molar-refractivity contribution in [1.82, 2.24) is 20.1 Å². The first-order chi connectivity index (χ1) is 7.66. The summed E-state index contributed by atoms with van der Waals surface area (Å²) in [6.45, 7) is 4.01. The van der Waals surface area contributed by atoms with Crippen LogP contribution in [-0.2, 0) is 6.54 Å². The molecule has 0 saturated heterocycles. The van der Waals surface area contributed by atoms with E-state index in [-0.39, 0.29) is 0 Å². The molecule has 0 fully saturated rings. The van der Waals surface area contributed by atoms with E-state index in [1.165, 1.54) is 6.33 Å². The van der Waals surface area contributed by atoms with Gasteiger partial charge in [-0.15, -0.1) is 0 Å². The predicted octanol–water partition coefficient (Wildman–Crippen LogP) is 1.74. The van der Waals surface area contributed by atoms with E-state index in [1.807, 2.05) is 6.92 Å². The van der Waals surface area contributed by atoms with Gasteiger partial charge in [-0.25, -0.2) is 9.97 Å². The first-order valence-electron chi connectivity index (χ1n) is 4.67. The molecule has 0 bridgehead atoms. The fourth-order valence-corrected chi connectivity index (χ4v) is 1.32. The van der Waals surface area contributed by atoms with E-state index in [0.717, 1.165) is 5.56 Å². The molecule has 2 heterocycles. The first kappa shape index (κ1) is 10.8. The lowest BCUT2D eigenvalue weighted by Gasteiger charge is -2.05. The van der Waals surface area contributed by atoms with Gasteiger partial charge in [0.1, 0.15) is 17.3 Å². The number of hydrogen-bond donors (Lipinski definition) is 1. The number of aromatic nitrogens is 4. The molecule has 16 heavy (non-hydrogen) atoms. The lowest BCUT2D eigenvalue weighted by molar-refractivity contribution is 0.388. The van der Waals surface area contributed by atoms with Gasteiger partial charge in [0, 0.05) is 12.5 Å². The Balaban J connectivity index is 2.07. The second-order valence-corrected chi connectivity index (χ2v) is 3.58. The highest BCUT2D eigenvalue weighted by atomic mass is 35.5. The van der Waals surface area contributed by atoms with Gasteiger partial charge >= 0.3 is 0 Å². The fourth-order valence-electron chi connectivity index (χ4n) is 1.18. The third-order valence-electron chi connectivity index (χ3n) is 2.01. The molecule has 7 heteroatoms. The predicted molar refractivity (Wildman–Crippen MR) is 58.1 cm³/mol. The molecule has 0 aromatic carbocycles. The molecular formula is C9H10ClN5O. The summed E-state index contributed by atoms with van der Waals surface area (Å²) in [5.41, 5.74) is 0.796. The SMILES string of the molecule is Cc1nc(CNc2ncnc(Cl)c2C)no1. The standard InChI is InChI=1S/C9H10ClN5O/c1-5-8(10)12-4-13-9(5)11-3-7-14-6(2)16-15-7/h4H,3H2,1-2H3,(H,11,12,13). The van der Waals surface area contributed by atoms with Gasteiger partial charge in [0.15, 0.2) is 5.82 Å². The molecule has 1 N–H and O–H groups in total. The van der Waals surface area contributed by atoms with Gasteiger partial charge in [-0.05, 0) is 6.92 Å². The Morgan fingerprint density at radius 2 is 2.19 bits per heavy atom. The summed E-state index contributed by atoms with van der Waals surface area (Å²) in [7, 11) is 0. The molecule has 84 valence electrons. The highest BCUT2D eigenvalue weighted by Crippen LogP contribution is 2.17. The molecule has 0 radical (unpaired) electrons. The zero-order valence-corrected chi connectivity index (χ0v) is 9.62. The van der Waals surface area contributed by atoms with Crippen molar-refractivity contribution in [2.45, 2.75) is 20.4 Å². The maximum absolute atomic E-state index is 5.86. The number of nitrogens with one attached hydrogen (secondary N) is 1. The van der Waals surface area contributed by atoms with Crippen LogP contribution in [-0.4, -0.2) is 20.1 Å². The molecule has 0 spiro atoms. The highest BCUT2D eigenvalue weighted by molar-refractivity contribution is 6.30. The van der Waals surface area contributed by atoms with E-state index >= 15 is 0 Å². The topological polar surface area (TPSA) is 76.7 Å². The molecule has 0 aliphatic carbocycles. The van der Waals surface area contributed by atoms with Gasteiger partial charge in [0.05, 0.1) is 6.54 Å². The Kier molecular flexibility index (Phi) is 3.00. The van der Waals surface area contributed by atoms with Crippen LogP contribution in [0.15, 0.2) is 10.9 Å². The second kappa shape index (κ2) is 4.44. The molecule has 2 aromatic heterocycles. The Morgan fingerprint density at radius 3 is 2.88 bits per heavy atom. The Hall–Kier alpha value is -1.69. The summed E-state index contributed by atoms with van der Waals surface area (Å²) in [5.74, 6) is 1.78. The average Bonchev–Trinajstić information content (AvgIpc) is 2.67. The summed E-state index contributed by atoms with van der Waals surface area (Å²) >= 11 is 5.86. The van der Waals surface area contributed by atoms with Crippen molar-refractivity contribution < 1.29 is 4.52 Å². The molecule has 0 unspecified atom stereocenters.